The molecule has 1 saturated carbocycles. The molecule has 2 amide bonds. The Labute approximate surface area is 161 Å². The van der Waals surface area contributed by atoms with Crippen molar-refractivity contribution in [3.63, 3.8) is 0 Å². The van der Waals surface area contributed by atoms with Crippen LogP contribution in [0, 0.1) is 12.3 Å². The number of carbonyl (C=O) groups excluding carboxylic acids is 2. The van der Waals surface area contributed by atoms with E-state index >= 15 is 0 Å². The monoisotopic (exact) mass is 392 g/mol. The molecule has 1 aliphatic rings. The highest BCUT2D eigenvalue weighted by atomic mass is 35.5. The number of nitrogens with one attached hydrogen (secondary N) is 2. The average molecular weight is 393 g/mol. The van der Waals surface area contributed by atoms with E-state index in [-0.39, 0.29) is 11.8 Å². The number of ether oxygens (including phenoxy) is 1. The number of carbonyl (C=O) groups is 2. The smallest absolute Gasteiger partial charge is 0.240 e. The van der Waals surface area contributed by atoms with Crippen molar-refractivity contribution in [2.24, 2.45) is 5.41 Å². The summed E-state index contributed by atoms with van der Waals surface area (Å²) in [6.07, 6.45) is 0.959. The number of amides is 2. The summed E-state index contributed by atoms with van der Waals surface area (Å²) in [5.41, 5.74) is 0.884. The lowest BCUT2D eigenvalue weighted by Crippen LogP contribution is -2.35. The van der Waals surface area contributed by atoms with Crippen LogP contribution < -0.4 is 15.4 Å². The highest BCUT2D eigenvalue weighted by Gasteiger charge is 2.56. The fraction of sp³-hybridized carbons (Fsp3) is 0.263. The summed E-state index contributed by atoms with van der Waals surface area (Å²) in [6, 6.07) is 10.2. The summed E-state index contributed by atoms with van der Waals surface area (Å²) in [5.74, 6) is -0.186. The number of anilines is 2. The molecule has 3 rings (SSSR count). The van der Waals surface area contributed by atoms with Crippen LogP contribution in [0.4, 0.5) is 11.4 Å². The summed E-state index contributed by atoms with van der Waals surface area (Å²) in [7, 11) is 1.53. The van der Waals surface area contributed by atoms with E-state index in [2.05, 4.69) is 10.6 Å². The molecular formula is C19H18Cl2N2O3. The van der Waals surface area contributed by atoms with Gasteiger partial charge in [-0.25, -0.2) is 0 Å². The van der Waals surface area contributed by atoms with Crippen molar-refractivity contribution in [3.05, 3.63) is 52.0 Å². The summed E-state index contributed by atoms with van der Waals surface area (Å²) < 4.78 is 5.27. The Morgan fingerprint density at radius 1 is 1.00 bits per heavy atom. The molecule has 0 aromatic heterocycles. The zero-order valence-electron chi connectivity index (χ0n) is 14.4. The second-order valence-electron chi connectivity index (χ2n) is 6.35. The number of benzene rings is 2. The highest BCUT2D eigenvalue weighted by molar-refractivity contribution is 6.35. The molecule has 5 nitrogen and oxygen atoms in total. The van der Waals surface area contributed by atoms with E-state index in [0.29, 0.717) is 40.0 Å². The molecule has 1 fully saturated rings. The Hall–Kier alpha value is -2.24. The second kappa shape index (κ2) is 7.17. The predicted octanol–water partition coefficient (Wildman–Crippen LogP) is 4.67. The lowest BCUT2D eigenvalue weighted by atomic mass is 10.0. The third-order valence-corrected chi connectivity index (χ3v) is 4.78. The van der Waals surface area contributed by atoms with Crippen LogP contribution in [-0.4, -0.2) is 18.9 Å². The minimum Gasteiger partial charge on any atom is -0.495 e. The third kappa shape index (κ3) is 3.79. The molecule has 26 heavy (non-hydrogen) atoms. The first kappa shape index (κ1) is 18.5. The molecule has 7 heteroatoms. The van der Waals surface area contributed by atoms with E-state index in [1.807, 2.05) is 19.1 Å². The SMILES string of the molecule is COc1ccc(C)cc1NC(=O)C1(C(=O)Nc2cc(Cl)cc(Cl)c2)CC1. The van der Waals surface area contributed by atoms with Crippen molar-refractivity contribution in [2.45, 2.75) is 19.8 Å². The molecule has 0 spiro atoms. The Balaban J connectivity index is 1.76. The highest BCUT2D eigenvalue weighted by Crippen LogP contribution is 2.48. The lowest BCUT2D eigenvalue weighted by Gasteiger charge is -2.17. The number of hydrogen-bond acceptors (Lipinski definition) is 3. The predicted molar refractivity (Wildman–Crippen MR) is 103 cm³/mol. The van der Waals surface area contributed by atoms with Crippen LogP contribution in [-0.2, 0) is 9.59 Å². The maximum Gasteiger partial charge on any atom is 0.240 e. The molecule has 2 aromatic carbocycles. The Kier molecular flexibility index (Phi) is 5.12. The van der Waals surface area contributed by atoms with Crippen LogP contribution >= 0.6 is 23.2 Å². The molecule has 0 heterocycles. The van der Waals surface area contributed by atoms with Gasteiger partial charge in [0.15, 0.2) is 0 Å². The first-order valence-electron chi connectivity index (χ1n) is 8.08. The van der Waals surface area contributed by atoms with Crippen LogP contribution in [0.15, 0.2) is 36.4 Å². The molecule has 1 aliphatic carbocycles. The van der Waals surface area contributed by atoms with Crippen molar-refractivity contribution < 1.29 is 14.3 Å². The second-order valence-corrected chi connectivity index (χ2v) is 7.23. The van der Waals surface area contributed by atoms with Crippen molar-refractivity contribution in [1.82, 2.24) is 0 Å². The average Bonchev–Trinajstić information content (AvgIpc) is 3.36. The van der Waals surface area contributed by atoms with Gasteiger partial charge in [0.05, 0.1) is 12.8 Å². The Morgan fingerprint density at radius 3 is 2.19 bits per heavy atom. The fourth-order valence-electron chi connectivity index (χ4n) is 2.72. The largest absolute Gasteiger partial charge is 0.495 e. The maximum absolute atomic E-state index is 12.8. The van der Waals surface area contributed by atoms with Gasteiger partial charge >= 0.3 is 0 Å². The molecule has 0 atom stereocenters. The van der Waals surface area contributed by atoms with Gasteiger partial charge in [-0.3, -0.25) is 9.59 Å². The number of hydrogen-bond donors (Lipinski definition) is 2. The van der Waals surface area contributed by atoms with Crippen LogP contribution in [0.3, 0.4) is 0 Å². The van der Waals surface area contributed by atoms with Gasteiger partial charge in [-0.2, -0.15) is 0 Å². The van der Waals surface area contributed by atoms with Crippen molar-refractivity contribution in [2.75, 3.05) is 17.7 Å². The first-order chi connectivity index (χ1) is 12.3. The van der Waals surface area contributed by atoms with Crippen molar-refractivity contribution in [1.29, 1.82) is 0 Å². The summed E-state index contributed by atoms with van der Waals surface area (Å²) in [6.45, 7) is 1.91. The van der Waals surface area contributed by atoms with E-state index in [9.17, 15) is 9.59 Å². The quantitative estimate of drug-likeness (QED) is 0.726. The van der Waals surface area contributed by atoms with Gasteiger partial charge in [-0.1, -0.05) is 29.3 Å². The lowest BCUT2D eigenvalue weighted by molar-refractivity contribution is -0.131. The van der Waals surface area contributed by atoms with Crippen LogP contribution in [0.2, 0.25) is 10.0 Å². The van der Waals surface area contributed by atoms with Crippen molar-refractivity contribution in [3.8, 4) is 5.75 Å². The molecular weight excluding hydrogens is 375 g/mol. The first-order valence-corrected chi connectivity index (χ1v) is 8.83. The van der Waals surface area contributed by atoms with Gasteiger partial charge < -0.3 is 15.4 Å². The number of aryl methyl sites for hydroxylation is 1. The minimum absolute atomic E-state index is 0.355. The molecule has 0 saturated heterocycles. The number of halogens is 2. The van der Waals surface area contributed by atoms with Crippen LogP contribution in [0.1, 0.15) is 18.4 Å². The standard InChI is InChI=1S/C19H18Cl2N2O3/c1-11-3-4-16(26-2)15(7-11)23-18(25)19(5-6-19)17(24)22-14-9-12(20)8-13(21)10-14/h3-4,7-10H,5-6H2,1-2H3,(H,22,24)(H,23,25). The summed E-state index contributed by atoms with van der Waals surface area (Å²) in [4.78, 5) is 25.4. The Bertz CT molecular complexity index is 859. The fourth-order valence-corrected chi connectivity index (χ4v) is 3.25. The zero-order valence-corrected chi connectivity index (χ0v) is 15.9. The minimum atomic E-state index is -1.09. The zero-order chi connectivity index (χ0) is 18.9. The maximum atomic E-state index is 12.8. The number of rotatable bonds is 5. The summed E-state index contributed by atoms with van der Waals surface area (Å²) in [5, 5.41) is 6.37. The molecule has 2 N–H and O–H groups in total. The molecule has 0 radical (unpaired) electrons. The third-order valence-electron chi connectivity index (χ3n) is 4.34. The van der Waals surface area contributed by atoms with Gasteiger partial charge in [-0.05, 0) is 55.7 Å². The van der Waals surface area contributed by atoms with Gasteiger partial charge in [-0.15, -0.1) is 0 Å². The molecule has 0 unspecified atom stereocenters. The molecule has 136 valence electrons. The van der Waals surface area contributed by atoms with E-state index < -0.39 is 5.41 Å². The van der Waals surface area contributed by atoms with Crippen molar-refractivity contribution >= 4 is 46.4 Å². The van der Waals surface area contributed by atoms with E-state index in [1.54, 1.807) is 24.3 Å². The molecule has 0 bridgehead atoms. The van der Waals surface area contributed by atoms with Gasteiger partial charge in [0.1, 0.15) is 11.2 Å². The molecule has 0 aliphatic heterocycles. The van der Waals surface area contributed by atoms with Crippen LogP contribution in [0.5, 0.6) is 5.75 Å². The van der Waals surface area contributed by atoms with E-state index in [1.165, 1.54) is 7.11 Å². The summed E-state index contributed by atoms with van der Waals surface area (Å²) >= 11 is 11.9. The van der Waals surface area contributed by atoms with Gasteiger partial charge in [0.2, 0.25) is 11.8 Å². The Morgan fingerprint density at radius 2 is 1.62 bits per heavy atom. The number of methoxy groups -OCH3 is 1. The normalized spacial score (nSPS) is 14.5. The molecule has 2 aromatic rings. The van der Waals surface area contributed by atoms with Gasteiger partial charge in [0.25, 0.3) is 0 Å². The van der Waals surface area contributed by atoms with Crippen LogP contribution in [0.25, 0.3) is 0 Å². The van der Waals surface area contributed by atoms with Gasteiger partial charge in [0, 0.05) is 15.7 Å². The van der Waals surface area contributed by atoms with E-state index in [4.69, 9.17) is 27.9 Å². The van der Waals surface area contributed by atoms with E-state index in [0.717, 1.165) is 5.56 Å². The topological polar surface area (TPSA) is 67.4 Å².